The summed E-state index contributed by atoms with van der Waals surface area (Å²) >= 11 is 0. The van der Waals surface area contributed by atoms with Crippen molar-refractivity contribution in [3.05, 3.63) is 59.7 Å². The summed E-state index contributed by atoms with van der Waals surface area (Å²) in [4.78, 5) is 25.0. The number of carbonyl (C=O) groups excluding carboxylic acids is 2. The minimum Gasteiger partial charge on any atom is -0.449 e. The molecule has 2 aromatic carbocycles. The summed E-state index contributed by atoms with van der Waals surface area (Å²) in [7, 11) is -1.33. The van der Waals surface area contributed by atoms with Gasteiger partial charge in [-0.15, -0.1) is 0 Å². The van der Waals surface area contributed by atoms with Crippen molar-refractivity contribution >= 4 is 28.4 Å². The Morgan fingerprint density at radius 3 is 2.19 bits per heavy atom. The standard InChI is InChI=1S/C20H23NO4S/c1-13(2)15-9-11-16(12-10-15)21-19(22)14(3)25-20(23)17-7-5-6-8-18(17)26(4)24/h5-14H,1-4H3,(H,21,22)/t14-,26-/m0/s1. The number of carbonyl (C=O) groups is 2. The van der Waals surface area contributed by atoms with E-state index in [9.17, 15) is 13.8 Å². The number of amides is 1. The van der Waals surface area contributed by atoms with Crippen LogP contribution in [0.5, 0.6) is 0 Å². The molecule has 0 aliphatic rings. The minimum atomic E-state index is -1.33. The summed E-state index contributed by atoms with van der Waals surface area (Å²) in [5, 5.41) is 2.73. The molecule has 0 unspecified atom stereocenters. The molecule has 0 saturated carbocycles. The third kappa shape index (κ3) is 5.02. The smallest absolute Gasteiger partial charge is 0.340 e. The second kappa shape index (κ2) is 8.76. The molecule has 0 fully saturated rings. The molecule has 6 heteroatoms. The van der Waals surface area contributed by atoms with E-state index in [1.165, 1.54) is 24.8 Å². The van der Waals surface area contributed by atoms with E-state index in [1.807, 2.05) is 24.3 Å². The van der Waals surface area contributed by atoms with Crippen LogP contribution in [0.3, 0.4) is 0 Å². The summed E-state index contributed by atoms with van der Waals surface area (Å²) < 4.78 is 17.0. The molecule has 138 valence electrons. The average molecular weight is 373 g/mol. The molecule has 2 rings (SSSR count). The molecule has 0 bridgehead atoms. The Kier molecular flexibility index (Phi) is 6.69. The number of ether oxygens (including phenoxy) is 1. The van der Waals surface area contributed by atoms with Crippen LogP contribution < -0.4 is 5.32 Å². The quantitative estimate of drug-likeness (QED) is 0.783. The van der Waals surface area contributed by atoms with Crippen LogP contribution >= 0.6 is 0 Å². The molecule has 0 spiro atoms. The normalized spacial score (nSPS) is 13.1. The van der Waals surface area contributed by atoms with Crippen LogP contribution in [0.1, 0.15) is 42.6 Å². The predicted octanol–water partition coefficient (Wildman–Crippen LogP) is 3.73. The van der Waals surface area contributed by atoms with Crippen molar-refractivity contribution < 1.29 is 18.5 Å². The molecule has 0 aromatic heterocycles. The Bertz CT molecular complexity index is 815. The Hall–Kier alpha value is -2.47. The number of esters is 1. The number of benzene rings is 2. The highest BCUT2D eigenvalue weighted by atomic mass is 32.2. The topological polar surface area (TPSA) is 72.5 Å². The summed E-state index contributed by atoms with van der Waals surface area (Å²) in [6.45, 7) is 5.69. The van der Waals surface area contributed by atoms with Gasteiger partial charge < -0.3 is 10.1 Å². The van der Waals surface area contributed by atoms with Gasteiger partial charge in [-0.3, -0.25) is 9.00 Å². The SMILES string of the molecule is CC(C)c1ccc(NC(=O)[C@H](C)OC(=O)c2ccccc2[S@](C)=O)cc1. The van der Waals surface area contributed by atoms with Gasteiger partial charge in [0, 0.05) is 11.9 Å². The zero-order valence-corrected chi connectivity index (χ0v) is 16.1. The van der Waals surface area contributed by atoms with E-state index >= 15 is 0 Å². The maximum absolute atomic E-state index is 12.3. The van der Waals surface area contributed by atoms with Gasteiger partial charge in [-0.2, -0.15) is 0 Å². The molecule has 0 aliphatic heterocycles. The number of anilines is 1. The summed E-state index contributed by atoms with van der Waals surface area (Å²) in [5.41, 5.74) is 2.01. The van der Waals surface area contributed by atoms with Crippen LogP contribution in [0, 0.1) is 0 Å². The van der Waals surface area contributed by atoms with Gasteiger partial charge in [0.25, 0.3) is 5.91 Å². The first-order valence-corrected chi connectivity index (χ1v) is 9.89. The Morgan fingerprint density at radius 2 is 1.62 bits per heavy atom. The summed E-state index contributed by atoms with van der Waals surface area (Å²) in [5.74, 6) is -0.692. The maximum Gasteiger partial charge on any atom is 0.340 e. The van der Waals surface area contributed by atoms with Gasteiger partial charge in [0.15, 0.2) is 6.10 Å². The molecule has 26 heavy (non-hydrogen) atoms. The van der Waals surface area contributed by atoms with Crippen LogP contribution in [-0.4, -0.2) is 28.4 Å². The molecule has 0 radical (unpaired) electrons. The molecule has 2 atom stereocenters. The highest BCUT2D eigenvalue weighted by Gasteiger charge is 2.21. The third-order valence-electron chi connectivity index (χ3n) is 3.91. The number of rotatable bonds is 6. The molecule has 1 N–H and O–H groups in total. The van der Waals surface area contributed by atoms with Crippen molar-refractivity contribution in [3.8, 4) is 0 Å². The number of hydrogen-bond acceptors (Lipinski definition) is 4. The maximum atomic E-state index is 12.3. The molecular weight excluding hydrogens is 350 g/mol. The fraction of sp³-hybridized carbons (Fsp3) is 0.300. The molecule has 0 aliphatic carbocycles. The molecule has 5 nitrogen and oxygen atoms in total. The third-order valence-corrected chi connectivity index (χ3v) is 4.89. The van der Waals surface area contributed by atoms with Gasteiger partial charge >= 0.3 is 5.97 Å². The summed E-state index contributed by atoms with van der Waals surface area (Å²) in [6, 6.07) is 14.0. The van der Waals surface area contributed by atoms with E-state index in [4.69, 9.17) is 4.74 Å². The number of nitrogens with one attached hydrogen (secondary N) is 1. The zero-order valence-electron chi connectivity index (χ0n) is 15.3. The van der Waals surface area contributed by atoms with Gasteiger partial charge in [-0.1, -0.05) is 38.1 Å². The van der Waals surface area contributed by atoms with Crippen LogP contribution in [-0.2, 0) is 20.3 Å². The van der Waals surface area contributed by atoms with Crippen LogP contribution in [0.25, 0.3) is 0 Å². The zero-order chi connectivity index (χ0) is 19.3. The van der Waals surface area contributed by atoms with E-state index in [0.717, 1.165) is 0 Å². The van der Waals surface area contributed by atoms with Crippen LogP contribution in [0.4, 0.5) is 5.69 Å². The highest BCUT2D eigenvalue weighted by Crippen LogP contribution is 2.18. The lowest BCUT2D eigenvalue weighted by Crippen LogP contribution is -2.30. The van der Waals surface area contributed by atoms with E-state index in [-0.39, 0.29) is 5.56 Å². The Morgan fingerprint density at radius 1 is 1.00 bits per heavy atom. The van der Waals surface area contributed by atoms with Crippen molar-refractivity contribution in [2.45, 2.75) is 37.7 Å². The second-order valence-corrected chi connectivity index (χ2v) is 7.61. The van der Waals surface area contributed by atoms with Gasteiger partial charge in [-0.05, 0) is 42.7 Å². The molecule has 0 saturated heterocycles. The van der Waals surface area contributed by atoms with Crippen molar-refractivity contribution in [2.24, 2.45) is 0 Å². The lowest BCUT2D eigenvalue weighted by Gasteiger charge is -2.15. The van der Waals surface area contributed by atoms with Crippen molar-refractivity contribution in [3.63, 3.8) is 0 Å². The first kappa shape index (κ1) is 19.8. The van der Waals surface area contributed by atoms with Gasteiger partial charge in [0.1, 0.15) is 0 Å². The first-order chi connectivity index (χ1) is 12.3. The van der Waals surface area contributed by atoms with E-state index in [2.05, 4.69) is 19.2 Å². The van der Waals surface area contributed by atoms with Gasteiger partial charge in [-0.25, -0.2) is 4.79 Å². The predicted molar refractivity (Wildman–Crippen MR) is 103 cm³/mol. The Balaban J connectivity index is 2.02. The van der Waals surface area contributed by atoms with Crippen molar-refractivity contribution in [2.75, 3.05) is 11.6 Å². The van der Waals surface area contributed by atoms with E-state index in [1.54, 1.807) is 18.2 Å². The van der Waals surface area contributed by atoms with Crippen molar-refractivity contribution in [1.29, 1.82) is 0 Å². The molecule has 1 amide bonds. The lowest BCUT2D eigenvalue weighted by atomic mass is 10.0. The minimum absolute atomic E-state index is 0.203. The van der Waals surface area contributed by atoms with Gasteiger partial charge in [0.05, 0.1) is 21.3 Å². The van der Waals surface area contributed by atoms with Crippen LogP contribution in [0.2, 0.25) is 0 Å². The first-order valence-electron chi connectivity index (χ1n) is 8.34. The van der Waals surface area contributed by atoms with Crippen molar-refractivity contribution in [1.82, 2.24) is 0 Å². The lowest BCUT2D eigenvalue weighted by molar-refractivity contribution is -0.123. The van der Waals surface area contributed by atoms with E-state index < -0.39 is 28.8 Å². The fourth-order valence-corrected chi connectivity index (χ4v) is 3.09. The van der Waals surface area contributed by atoms with Gasteiger partial charge in [0.2, 0.25) is 0 Å². The molecular formula is C20H23NO4S. The largest absolute Gasteiger partial charge is 0.449 e. The monoisotopic (exact) mass is 373 g/mol. The average Bonchev–Trinajstić information content (AvgIpc) is 2.61. The highest BCUT2D eigenvalue weighted by molar-refractivity contribution is 7.84. The molecule has 2 aromatic rings. The Labute approximate surface area is 156 Å². The van der Waals surface area contributed by atoms with E-state index in [0.29, 0.717) is 16.5 Å². The second-order valence-electron chi connectivity index (χ2n) is 6.26. The number of hydrogen-bond donors (Lipinski definition) is 1. The molecule has 0 heterocycles. The van der Waals surface area contributed by atoms with Crippen LogP contribution in [0.15, 0.2) is 53.4 Å². The fourth-order valence-electron chi connectivity index (χ4n) is 2.36. The summed E-state index contributed by atoms with van der Waals surface area (Å²) in [6.07, 6.45) is 0.508.